The predicted molar refractivity (Wildman–Crippen MR) is 152 cm³/mol. The second kappa shape index (κ2) is 13.2. The number of benzene rings is 3. The van der Waals surface area contributed by atoms with E-state index in [0.29, 0.717) is 18.5 Å². The van der Waals surface area contributed by atoms with Gasteiger partial charge in [-0.1, -0.05) is 78.4 Å². The maximum Gasteiger partial charge on any atom is 0.242 e. The minimum absolute atomic E-state index is 0.103. The van der Waals surface area contributed by atoms with E-state index in [0.717, 1.165) is 22.3 Å². The average Bonchev–Trinajstić information content (AvgIpc) is 2.88. The van der Waals surface area contributed by atoms with Crippen LogP contribution in [0.5, 0.6) is 0 Å². The van der Waals surface area contributed by atoms with Crippen molar-refractivity contribution in [1.29, 1.82) is 0 Å². The van der Waals surface area contributed by atoms with Gasteiger partial charge in [0, 0.05) is 33.0 Å². The lowest BCUT2D eigenvalue weighted by Gasteiger charge is -2.32. The van der Waals surface area contributed by atoms with Crippen molar-refractivity contribution in [2.24, 2.45) is 0 Å². The first-order valence-corrected chi connectivity index (χ1v) is 14.6. The third kappa shape index (κ3) is 7.92. The second-order valence-electron chi connectivity index (χ2n) is 9.56. The molecule has 3 aromatic rings. The number of rotatable bonds is 12. The van der Waals surface area contributed by atoms with Crippen molar-refractivity contribution < 1.29 is 18.0 Å². The molecule has 0 aliphatic heterocycles. The summed E-state index contributed by atoms with van der Waals surface area (Å²) in [5, 5.41) is 2.72. The quantitative estimate of drug-likeness (QED) is 0.376. The zero-order valence-electron chi connectivity index (χ0n) is 22.6. The summed E-state index contributed by atoms with van der Waals surface area (Å²) < 4.78 is 26.5. The first kappa shape index (κ1) is 28.9. The Kier molecular flexibility index (Phi) is 10.1. The molecule has 2 amide bonds. The van der Waals surface area contributed by atoms with Crippen LogP contribution in [0.1, 0.15) is 35.1 Å². The zero-order chi connectivity index (χ0) is 27.7. The average molecular weight is 536 g/mol. The maximum atomic E-state index is 13.7. The number of sulfonamides is 1. The molecule has 202 valence electrons. The van der Waals surface area contributed by atoms with Gasteiger partial charge in [-0.05, 0) is 43.0 Å². The van der Waals surface area contributed by atoms with Crippen LogP contribution in [0, 0.1) is 13.8 Å². The van der Waals surface area contributed by atoms with E-state index in [9.17, 15) is 18.0 Å². The summed E-state index contributed by atoms with van der Waals surface area (Å²) in [6.07, 6.45) is 1.96. The third-order valence-electron chi connectivity index (χ3n) is 6.49. The third-order valence-corrected chi connectivity index (χ3v) is 7.67. The van der Waals surface area contributed by atoms with Crippen molar-refractivity contribution in [3.8, 4) is 0 Å². The molecular weight excluding hydrogens is 498 g/mol. The van der Waals surface area contributed by atoms with Crippen molar-refractivity contribution in [3.63, 3.8) is 0 Å². The van der Waals surface area contributed by atoms with Crippen LogP contribution in [-0.4, -0.2) is 51.0 Å². The Hall–Kier alpha value is -3.65. The van der Waals surface area contributed by atoms with Crippen LogP contribution in [0.2, 0.25) is 0 Å². The number of carbonyl (C=O) groups is 2. The number of likely N-dealkylation sites (N-methyl/N-ethyl adjacent to an activating group) is 1. The van der Waals surface area contributed by atoms with Crippen LogP contribution in [0.4, 0.5) is 5.69 Å². The monoisotopic (exact) mass is 535 g/mol. The maximum absolute atomic E-state index is 13.7. The molecule has 0 unspecified atom stereocenters. The second-order valence-corrected chi connectivity index (χ2v) is 11.5. The van der Waals surface area contributed by atoms with Gasteiger partial charge in [-0.3, -0.25) is 13.9 Å². The molecule has 1 N–H and O–H groups in total. The van der Waals surface area contributed by atoms with E-state index in [1.807, 2.05) is 80.6 Å². The minimum Gasteiger partial charge on any atom is -0.357 e. The topological polar surface area (TPSA) is 86.8 Å². The van der Waals surface area contributed by atoms with E-state index in [2.05, 4.69) is 5.32 Å². The molecule has 0 aliphatic rings. The Labute approximate surface area is 226 Å². The molecule has 0 radical (unpaired) electrons. The number of carbonyl (C=O) groups excluding carboxylic acids is 2. The van der Waals surface area contributed by atoms with Crippen molar-refractivity contribution in [3.05, 3.63) is 101 Å². The van der Waals surface area contributed by atoms with Gasteiger partial charge < -0.3 is 10.2 Å². The molecule has 8 heteroatoms. The first-order chi connectivity index (χ1) is 18.1. The summed E-state index contributed by atoms with van der Waals surface area (Å²) in [6.45, 7) is 4.29. The Morgan fingerprint density at radius 3 is 2.18 bits per heavy atom. The summed E-state index contributed by atoms with van der Waals surface area (Å²) in [6, 6.07) is 24.1. The standard InChI is InChI=1S/C30H37N3O4S/c1-23-12-10-16-26(20-23)22-32(28(30(35)31-3)21-25-14-6-5-7-15-25)29(34)18-11-19-33(38(4,36)37)27-17-9-8-13-24(27)2/h5-10,12-17,20,28H,11,18-19,21-22H2,1-4H3,(H,31,35)/t28-/m0/s1. The van der Waals surface area contributed by atoms with Gasteiger partial charge >= 0.3 is 0 Å². The summed E-state index contributed by atoms with van der Waals surface area (Å²) in [7, 11) is -1.97. The van der Waals surface area contributed by atoms with Crippen LogP contribution in [0.3, 0.4) is 0 Å². The number of nitrogens with one attached hydrogen (secondary N) is 1. The highest BCUT2D eigenvalue weighted by molar-refractivity contribution is 7.92. The van der Waals surface area contributed by atoms with Gasteiger partial charge in [-0.15, -0.1) is 0 Å². The summed E-state index contributed by atoms with van der Waals surface area (Å²) in [4.78, 5) is 28.4. The van der Waals surface area contributed by atoms with Gasteiger partial charge in [-0.25, -0.2) is 8.42 Å². The highest BCUT2D eigenvalue weighted by Crippen LogP contribution is 2.23. The number of amides is 2. The molecule has 0 spiro atoms. The van der Waals surface area contributed by atoms with E-state index in [4.69, 9.17) is 0 Å². The summed E-state index contributed by atoms with van der Waals surface area (Å²) >= 11 is 0. The number of hydrogen-bond acceptors (Lipinski definition) is 4. The molecule has 0 bridgehead atoms. The van der Waals surface area contributed by atoms with Crippen LogP contribution >= 0.6 is 0 Å². The van der Waals surface area contributed by atoms with Gasteiger partial charge in [0.2, 0.25) is 21.8 Å². The molecule has 38 heavy (non-hydrogen) atoms. The lowest BCUT2D eigenvalue weighted by atomic mass is 10.0. The number of hydrogen-bond donors (Lipinski definition) is 1. The van der Waals surface area contributed by atoms with Crippen LogP contribution in [0.15, 0.2) is 78.9 Å². The van der Waals surface area contributed by atoms with Gasteiger partial charge in [0.15, 0.2) is 0 Å². The molecule has 7 nitrogen and oxygen atoms in total. The largest absolute Gasteiger partial charge is 0.357 e. The SMILES string of the molecule is CNC(=O)[C@H](Cc1ccccc1)N(Cc1cccc(C)c1)C(=O)CCCN(c1ccccc1C)S(C)(=O)=O. The molecule has 0 aromatic heterocycles. The van der Waals surface area contributed by atoms with Crippen molar-refractivity contribution in [2.45, 2.75) is 45.7 Å². The van der Waals surface area contributed by atoms with Crippen molar-refractivity contribution in [2.75, 3.05) is 24.2 Å². The van der Waals surface area contributed by atoms with Crippen LogP contribution in [-0.2, 0) is 32.6 Å². The summed E-state index contributed by atoms with van der Waals surface area (Å²) in [5.41, 5.74) is 4.39. The molecule has 1 atom stereocenters. The lowest BCUT2D eigenvalue weighted by molar-refractivity contribution is -0.141. The highest BCUT2D eigenvalue weighted by Gasteiger charge is 2.30. The van der Waals surface area contributed by atoms with E-state index in [-0.39, 0.29) is 31.3 Å². The Bertz CT molecular complexity index is 1340. The molecule has 0 fully saturated rings. The Morgan fingerprint density at radius 1 is 0.895 bits per heavy atom. The molecule has 0 heterocycles. The van der Waals surface area contributed by atoms with E-state index in [1.54, 1.807) is 24.1 Å². The lowest BCUT2D eigenvalue weighted by Crippen LogP contribution is -2.49. The summed E-state index contributed by atoms with van der Waals surface area (Å²) in [5.74, 6) is -0.443. The smallest absolute Gasteiger partial charge is 0.242 e. The number of aryl methyl sites for hydroxylation is 2. The van der Waals surface area contributed by atoms with Crippen LogP contribution < -0.4 is 9.62 Å². The first-order valence-electron chi connectivity index (χ1n) is 12.7. The fourth-order valence-electron chi connectivity index (χ4n) is 4.55. The number of nitrogens with zero attached hydrogens (tertiary/aromatic N) is 2. The fourth-order valence-corrected chi connectivity index (χ4v) is 5.58. The van der Waals surface area contributed by atoms with E-state index >= 15 is 0 Å². The minimum atomic E-state index is -3.54. The van der Waals surface area contributed by atoms with E-state index in [1.165, 1.54) is 10.6 Å². The van der Waals surface area contributed by atoms with Gasteiger partial charge in [0.1, 0.15) is 6.04 Å². The van der Waals surface area contributed by atoms with E-state index < -0.39 is 16.1 Å². The van der Waals surface area contributed by atoms with Gasteiger partial charge in [0.05, 0.1) is 11.9 Å². The molecule has 0 aliphatic carbocycles. The fraction of sp³-hybridized carbons (Fsp3) is 0.333. The van der Waals surface area contributed by atoms with Crippen LogP contribution in [0.25, 0.3) is 0 Å². The van der Waals surface area contributed by atoms with Crippen molar-refractivity contribution in [1.82, 2.24) is 10.2 Å². The van der Waals surface area contributed by atoms with Gasteiger partial charge in [0.25, 0.3) is 0 Å². The molecule has 3 rings (SSSR count). The number of para-hydroxylation sites is 1. The molecular formula is C30H37N3O4S. The Morgan fingerprint density at radius 2 is 1.55 bits per heavy atom. The predicted octanol–water partition coefficient (Wildman–Crippen LogP) is 4.24. The molecule has 3 aromatic carbocycles. The number of anilines is 1. The molecule has 0 saturated heterocycles. The van der Waals surface area contributed by atoms with Crippen molar-refractivity contribution >= 4 is 27.5 Å². The zero-order valence-corrected chi connectivity index (χ0v) is 23.4. The van der Waals surface area contributed by atoms with Gasteiger partial charge in [-0.2, -0.15) is 0 Å². The normalized spacial score (nSPS) is 12.0. The Balaban J connectivity index is 1.85. The highest BCUT2D eigenvalue weighted by atomic mass is 32.2. The molecule has 0 saturated carbocycles.